The number of rotatable bonds is 8. The maximum absolute atomic E-state index is 12.9. The number of hydrogen-bond donors (Lipinski definition) is 1. The molecule has 0 amide bonds. The van der Waals surface area contributed by atoms with Gasteiger partial charge < -0.3 is 5.32 Å². The van der Waals surface area contributed by atoms with Crippen LogP contribution in [0.4, 0.5) is 5.69 Å². The van der Waals surface area contributed by atoms with Gasteiger partial charge in [0.25, 0.3) is 0 Å². The van der Waals surface area contributed by atoms with Crippen LogP contribution in [0.3, 0.4) is 0 Å². The average Bonchev–Trinajstić information content (AvgIpc) is 3.30. The van der Waals surface area contributed by atoms with Crippen molar-refractivity contribution in [3.63, 3.8) is 0 Å². The monoisotopic (exact) mass is 307 g/mol. The van der Waals surface area contributed by atoms with Gasteiger partial charge in [-0.3, -0.25) is 0 Å². The summed E-state index contributed by atoms with van der Waals surface area (Å²) >= 11 is 0. The second-order valence-electron chi connectivity index (χ2n) is 5.18. The molecule has 0 heterocycles. The minimum absolute atomic E-state index is 0.0579. The third-order valence-corrected chi connectivity index (χ3v) is 5.45. The first-order chi connectivity index (χ1) is 10.1. The molecule has 1 N–H and O–H groups in total. The van der Waals surface area contributed by atoms with Gasteiger partial charge in [-0.2, -0.15) is 9.57 Å². The van der Waals surface area contributed by atoms with Crippen molar-refractivity contribution in [3.8, 4) is 6.07 Å². The lowest BCUT2D eigenvalue weighted by Gasteiger charge is -2.22. The van der Waals surface area contributed by atoms with Gasteiger partial charge in [0.15, 0.2) is 0 Å². The van der Waals surface area contributed by atoms with E-state index in [0.717, 1.165) is 25.8 Å². The zero-order chi connectivity index (χ0) is 15.3. The average molecular weight is 307 g/mol. The molecule has 0 aromatic heterocycles. The van der Waals surface area contributed by atoms with E-state index in [1.807, 2.05) is 19.1 Å². The molecule has 1 aromatic carbocycles. The predicted octanol–water partition coefficient (Wildman–Crippen LogP) is 2.58. The molecule has 21 heavy (non-hydrogen) atoms. The quantitative estimate of drug-likeness (QED) is 0.801. The van der Waals surface area contributed by atoms with Gasteiger partial charge in [-0.1, -0.05) is 19.1 Å². The Morgan fingerprint density at radius 2 is 2.10 bits per heavy atom. The molecule has 0 aliphatic heterocycles. The Hall–Kier alpha value is -1.58. The molecule has 0 saturated heterocycles. The standard InChI is InChI=1S/C15H21N3O2S/c1-2-11-17-14-6-3-4-7-15(14)21(19,20)18(12-5-10-16)13-8-9-13/h3-4,6-7,13,17H,2,5,8-9,11-12H2,1H3. The number of anilines is 1. The smallest absolute Gasteiger partial charge is 0.245 e. The molecule has 0 spiro atoms. The van der Waals surface area contributed by atoms with Crippen molar-refractivity contribution in [2.24, 2.45) is 0 Å². The van der Waals surface area contributed by atoms with E-state index in [1.165, 1.54) is 4.31 Å². The first kappa shape index (κ1) is 15.8. The normalized spacial score (nSPS) is 14.9. The summed E-state index contributed by atoms with van der Waals surface area (Å²) in [6.07, 6.45) is 2.92. The highest BCUT2D eigenvalue weighted by molar-refractivity contribution is 7.89. The highest BCUT2D eigenvalue weighted by Crippen LogP contribution is 2.34. The van der Waals surface area contributed by atoms with E-state index in [1.54, 1.807) is 18.2 Å². The summed E-state index contributed by atoms with van der Waals surface area (Å²) in [5.41, 5.74) is 0.641. The molecular weight excluding hydrogens is 286 g/mol. The van der Waals surface area contributed by atoms with E-state index in [0.29, 0.717) is 10.6 Å². The molecule has 0 bridgehead atoms. The van der Waals surface area contributed by atoms with Gasteiger partial charge in [0.2, 0.25) is 10.0 Å². The second-order valence-corrected chi connectivity index (χ2v) is 7.04. The van der Waals surface area contributed by atoms with Crippen LogP contribution in [-0.4, -0.2) is 31.9 Å². The fourth-order valence-electron chi connectivity index (χ4n) is 2.25. The molecule has 5 nitrogen and oxygen atoms in total. The van der Waals surface area contributed by atoms with Crippen molar-refractivity contribution in [2.45, 2.75) is 43.5 Å². The molecule has 2 rings (SSSR count). The molecule has 1 saturated carbocycles. The summed E-state index contributed by atoms with van der Waals surface area (Å²) in [5, 5.41) is 11.9. The van der Waals surface area contributed by atoms with Crippen LogP contribution in [-0.2, 0) is 10.0 Å². The van der Waals surface area contributed by atoms with Crippen molar-refractivity contribution in [1.82, 2.24) is 4.31 Å². The maximum atomic E-state index is 12.9. The molecular formula is C15H21N3O2S. The highest BCUT2D eigenvalue weighted by atomic mass is 32.2. The van der Waals surface area contributed by atoms with Gasteiger partial charge in [0.1, 0.15) is 4.90 Å². The summed E-state index contributed by atoms with van der Waals surface area (Å²) in [7, 11) is -3.55. The van der Waals surface area contributed by atoms with Crippen LogP contribution in [0.15, 0.2) is 29.2 Å². The third-order valence-electron chi connectivity index (χ3n) is 3.44. The number of sulfonamides is 1. The number of nitrogens with zero attached hydrogens (tertiary/aromatic N) is 2. The van der Waals surface area contributed by atoms with E-state index in [4.69, 9.17) is 5.26 Å². The molecule has 1 aliphatic rings. The fraction of sp³-hybridized carbons (Fsp3) is 0.533. The summed E-state index contributed by atoms with van der Waals surface area (Å²) < 4.78 is 27.2. The largest absolute Gasteiger partial charge is 0.384 e. The van der Waals surface area contributed by atoms with Crippen molar-refractivity contribution in [3.05, 3.63) is 24.3 Å². The molecule has 1 aliphatic carbocycles. The molecule has 1 aromatic rings. The van der Waals surface area contributed by atoms with Crippen LogP contribution in [0, 0.1) is 11.3 Å². The molecule has 114 valence electrons. The van der Waals surface area contributed by atoms with Crippen molar-refractivity contribution in [2.75, 3.05) is 18.4 Å². The molecule has 1 fully saturated rings. The molecule has 6 heteroatoms. The minimum atomic E-state index is -3.55. The van der Waals surface area contributed by atoms with E-state index in [-0.39, 0.29) is 19.0 Å². The Labute approximate surface area is 126 Å². The minimum Gasteiger partial charge on any atom is -0.384 e. The lowest BCUT2D eigenvalue weighted by Crippen LogP contribution is -2.34. The summed E-state index contributed by atoms with van der Waals surface area (Å²) in [5.74, 6) is 0. The lowest BCUT2D eigenvalue weighted by molar-refractivity contribution is 0.411. The van der Waals surface area contributed by atoms with E-state index in [2.05, 4.69) is 5.32 Å². The van der Waals surface area contributed by atoms with E-state index >= 15 is 0 Å². The van der Waals surface area contributed by atoms with Crippen LogP contribution in [0.1, 0.15) is 32.6 Å². The molecule has 0 atom stereocenters. The predicted molar refractivity (Wildman–Crippen MR) is 82.4 cm³/mol. The highest BCUT2D eigenvalue weighted by Gasteiger charge is 2.38. The lowest BCUT2D eigenvalue weighted by atomic mass is 10.3. The Bertz CT molecular complexity index is 618. The van der Waals surface area contributed by atoms with Crippen LogP contribution in [0.5, 0.6) is 0 Å². The topological polar surface area (TPSA) is 73.2 Å². The first-order valence-corrected chi connectivity index (χ1v) is 8.77. The van der Waals surface area contributed by atoms with Crippen LogP contribution in [0.2, 0.25) is 0 Å². The van der Waals surface area contributed by atoms with E-state index < -0.39 is 10.0 Å². The SMILES string of the molecule is CCCNc1ccccc1S(=O)(=O)N(CCC#N)C1CC1. The van der Waals surface area contributed by atoms with Crippen molar-refractivity contribution >= 4 is 15.7 Å². The summed E-state index contributed by atoms with van der Waals surface area (Å²) in [4.78, 5) is 0.309. The summed E-state index contributed by atoms with van der Waals surface area (Å²) in [6, 6.07) is 9.08. The number of hydrogen-bond acceptors (Lipinski definition) is 4. The van der Waals surface area contributed by atoms with Crippen molar-refractivity contribution in [1.29, 1.82) is 5.26 Å². The number of benzene rings is 1. The maximum Gasteiger partial charge on any atom is 0.245 e. The zero-order valence-corrected chi connectivity index (χ0v) is 13.1. The zero-order valence-electron chi connectivity index (χ0n) is 12.2. The van der Waals surface area contributed by atoms with Gasteiger partial charge in [-0.25, -0.2) is 8.42 Å². The summed E-state index contributed by atoms with van der Waals surface area (Å²) in [6.45, 7) is 3.04. The van der Waals surface area contributed by atoms with Crippen molar-refractivity contribution < 1.29 is 8.42 Å². The van der Waals surface area contributed by atoms with Gasteiger partial charge >= 0.3 is 0 Å². The van der Waals surface area contributed by atoms with Gasteiger partial charge in [-0.15, -0.1) is 0 Å². The number of para-hydroxylation sites is 1. The van der Waals surface area contributed by atoms with Crippen LogP contribution in [0.25, 0.3) is 0 Å². The third kappa shape index (κ3) is 3.74. The van der Waals surface area contributed by atoms with Gasteiger partial charge in [0.05, 0.1) is 11.8 Å². The number of nitrogens with one attached hydrogen (secondary N) is 1. The van der Waals surface area contributed by atoms with Crippen LogP contribution < -0.4 is 5.32 Å². The Kier molecular flexibility index (Phi) is 5.21. The Morgan fingerprint density at radius 3 is 2.71 bits per heavy atom. The molecule has 0 unspecified atom stereocenters. The number of nitriles is 1. The van der Waals surface area contributed by atoms with E-state index in [9.17, 15) is 8.42 Å². The van der Waals surface area contributed by atoms with Gasteiger partial charge in [0, 0.05) is 25.6 Å². The fourth-order valence-corrected chi connectivity index (χ4v) is 4.10. The first-order valence-electron chi connectivity index (χ1n) is 7.33. The van der Waals surface area contributed by atoms with Gasteiger partial charge in [-0.05, 0) is 31.4 Å². The second kappa shape index (κ2) is 6.92. The Morgan fingerprint density at radius 1 is 1.38 bits per heavy atom. The van der Waals surface area contributed by atoms with Crippen LogP contribution >= 0.6 is 0 Å². The molecule has 0 radical (unpaired) electrons. The Balaban J connectivity index is 2.31.